The third kappa shape index (κ3) is 6.12. The van der Waals surface area contributed by atoms with E-state index in [1.807, 2.05) is 16.7 Å². The van der Waals surface area contributed by atoms with E-state index < -0.39 is 5.97 Å². The van der Waals surface area contributed by atoms with Crippen LogP contribution >= 0.6 is 23.4 Å². The van der Waals surface area contributed by atoms with Crippen LogP contribution in [0.15, 0.2) is 66.3 Å². The first-order chi connectivity index (χ1) is 15.5. The van der Waals surface area contributed by atoms with Crippen LogP contribution in [0.3, 0.4) is 0 Å². The van der Waals surface area contributed by atoms with Gasteiger partial charge in [0.1, 0.15) is 12.4 Å². The maximum absolute atomic E-state index is 12.3. The molecule has 0 unspecified atom stereocenters. The fraction of sp³-hybridized carbons (Fsp3) is 0.182. The van der Waals surface area contributed by atoms with Gasteiger partial charge < -0.3 is 14.8 Å². The van der Waals surface area contributed by atoms with Crippen molar-refractivity contribution < 1.29 is 19.1 Å². The first kappa shape index (κ1) is 23.4. The quantitative estimate of drug-likeness (QED) is 0.268. The van der Waals surface area contributed by atoms with Gasteiger partial charge in [0.25, 0.3) is 0 Å². The van der Waals surface area contributed by atoms with Crippen LogP contribution in [-0.4, -0.2) is 39.5 Å². The number of halogens is 1. The normalized spacial score (nSPS) is 10.4. The Kier molecular flexibility index (Phi) is 8.29. The summed E-state index contributed by atoms with van der Waals surface area (Å²) in [4.78, 5) is 23.8. The molecule has 1 aromatic heterocycles. The van der Waals surface area contributed by atoms with E-state index in [4.69, 9.17) is 16.3 Å². The third-order valence-electron chi connectivity index (χ3n) is 4.22. The highest BCUT2D eigenvalue weighted by Gasteiger charge is 2.15. The van der Waals surface area contributed by atoms with Crippen molar-refractivity contribution in [3.8, 4) is 5.75 Å². The van der Waals surface area contributed by atoms with E-state index in [2.05, 4.69) is 26.8 Å². The van der Waals surface area contributed by atoms with E-state index >= 15 is 0 Å². The summed E-state index contributed by atoms with van der Waals surface area (Å²) in [5, 5.41) is 12.2. The highest BCUT2D eigenvalue weighted by molar-refractivity contribution is 7.99. The number of benzene rings is 2. The lowest BCUT2D eigenvalue weighted by molar-refractivity contribution is -0.113. The fourth-order valence-corrected chi connectivity index (χ4v) is 3.64. The van der Waals surface area contributed by atoms with E-state index in [0.717, 1.165) is 0 Å². The number of rotatable bonds is 10. The predicted molar refractivity (Wildman–Crippen MR) is 123 cm³/mol. The molecule has 3 aromatic rings. The summed E-state index contributed by atoms with van der Waals surface area (Å²) in [7, 11) is 1.31. The zero-order valence-corrected chi connectivity index (χ0v) is 18.9. The smallest absolute Gasteiger partial charge is 0.337 e. The van der Waals surface area contributed by atoms with Crippen molar-refractivity contribution in [2.45, 2.75) is 18.3 Å². The van der Waals surface area contributed by atoms with Crippen LogP contribution in [0.5, 0.6) is 5.75 Å². The largest absolute Gasteiger partial charge is 0.484 e. The first-order valence-corrected chi connectivity index (χ1v) is 10.9. The molecule has 0 spiro atoms. The van der Waals surface area contributed by atoms with Gasteiger partial charge in [-0.05, 0) is 36.4 Å². The third-order valence-corrected chi connectivity index (χ3v) is 5.50. The first-order valence-electron chi connectivity index (χ1n) is 9.53. The van der Waals surface area contributed by atoms with Crippen LogP contribution in [0, 0.1) is 0 Å². The number of hydrogen-bond acceptors (Lipinski definition) is 7. The molecule has 3 rings (SSSR count). The Hall–Kier alpha value is -3.30. The minimum atomic E-state index is -0.436. The maximum Gasteiger partial charge on any atom is 0.337 e. The van der Waals surface area contributed by atoms with Gasteiger partial charge in [-0.2, -0.15) is 0 Å². The zero-order valence-electron chi connectivity index (χ0n) is 17.3. The number of nitrogens with one attached hydrogen (secondary N) is 1. The molecule has 32 heavy (non-hydrogen) atoms. The van der Waals surface area contributed by atoms with Gasteiger partial charge >= 0.3 is 5.97 Å². The number of nitrogens with zero attached hydrogens (tertiary/aromatic N) is 3. The predicted octanol–water partition coefficient (Wildman–Crippen LogP) is 4.21. The molecule has 1 N–H and O–H groups in total. The van der Waals surface area contributed by atoms with Gasteiger partial charge in [0, 0.05) is 12.2 Å². The summed E-state index contributed by atoms with van der Waals surface area (Å²) in [6.07, 6.45) is 1.72. The summed E-state index contributed by atoms with van der Waals surface area (Å²) < 4.78 is 12.2. The van der Waals surface area contributed by atoms with Crippen LogP contribution < -0.4 is 10.1 Å². The monoisotopic (exact) mass is 472 g/mol. The molecule has 0 aliphatic heterocycles. The molecule has 10 heteroatoms. The molecule has 0 aliphatic carbocycles. The van der Waals surface area contributed by atoms with E-state index in [1.165, 1.54) is 18.9 Å². The van der Waals surface area contributed by atoms with E-state index in [0.29, 0.717) is 39.5 Å². The Balaban J connectivity index is 1.59. The number of hydrogen-bond donors (Lipinski definition) is 1. The topological polar surface area (TPSA) is 95.3 Å². The summed E-state index contributed by atoms with van der Waals surface area (Å²) >= 11 is 7.37. The average Bonchev–Trinajstić information content (AvgIpc) is 3.19. The number of esters is 1. The van der Waals surface area contributed by atoms with Gasteiger partial charge in [-0.3, -0.25) is 9.36 Å². The molecule has 2 aromatic carbocycles. The zero-order chi connectivity index (χ0) is 22.9. The Labute approximate surface area is 194 Å². The highest BCUT2D eigenvalue weighted by atomic mass is 35.5. The van der Waals surface area contributed by atoms with Crippen LogP contribution in [0.1, 0.15) is 16.2 Å². The van der Waals surface area contributed by atoms with E-state index in [9.17, 15) is 9.59 Å². The van der Waals surface area contributed by atoms with Gasteiger partial charge in [-0.25, -0.2) is 4.79 Å². The molecule has 1 amide bonds. The molecule has 0 atom stereocenters. The molecule has 1 heterocycles. The minimum Gasteiger partial charge on any atom is -0.484 e. The van der Waals surface area contributed by atoms with Gasteiger partial charge in [0.05, 0.1) is 23.4 Å². The fourth-order valence-electron chi connectivity index (χ4n) is 2.68. The number of para-hydroxylation sites is 1. The number of amides is 1. The molecule has 0 saturated carbocycles. The molecule has 0 saturated heterocycles. The maximum atomic E-state index is 12.3. The van der Waals surface area contributed by atoms with Crippen LogP contribution in [0.25, 0.3) is 0 Å². The number of carbonyl (C=O) groups is 2. The number of thioether (sulfide) groups is 1. The van der Waals surface area contributed by atoms with Crippen molar-refractivity contribution in [3.63, 3.8) is 0 Å². The van der Waals surface area contributed by atoms with Crippen molar-refractivity contribution in [2.75, 3.05) is 18.2 Å². The minimum absolute atomic E-state index is 0.124. The molecule has 0 fully saturated rings. The molecular formula is C22H21ClN4O4S. The average molecular weight is 473 g/mol. The molecule has 0 bridgehead atoms. The Bertz CT molecular complexity index is 1100. The van der Waals surface area contributed by atoms with Crippen molar-refractivity contribution in [3.05, 3.63) is 77.6 Å². The number of aromatic nitrogens is 3. The Morgan fingerprint density at radius 1 is 1.19 bits per heavy atom. The van der Waals surface area contributed by atoms with Gasteiger partial charge in [-0.1, -0.05) is 41.6 Å². The lowest BCUT2D eigenvalue weighted by Crippen LogP contribution is -2.15. The van der Waals surface area contributed by atoms with Gasteiger partial charge in [-0.15, -0.1) is 16.8 Å². The van der Waals surface area contributed by atoms with Crippen LogP contribution in [0.2, 0.25) is 5.02 Å². The van der Waals surface area contributed by atoms with Crippen LogP contribution in [0.4, 0.5) is 5.69 Å². The second kappa shape index (κ2) is 11.4. The standard InChI is InChI=1S/C22H21ClN4O4S/c1-3-12-27-19(13-31-18-7-5-4-6-17(18)23)25-26-22(27)32-14-20(28)24-16-10-8-15(9-11-16)21(29)30-2/h3-11H,1,12-14H2,2H3,(H,24,28). The number of carbonyl (C=O) groups excluding carboxylic acids is 2. The number of methoxy groups -OCH3 is 1. The number of anilines is 1. The summed E-state index contributed by atoms with van der Waals surface area (Å²) in [5.74, 6) is 0.608. The Morgan fingerprint density at radius 3 is 2.62 bits per heavy atom. The van der Waals surface area contributed by atoms with Gasteiger partial charge in [0.15, 0.2) is 11.0 Å². The van der Waals surface area contributed by atoms with Gasteiger partial charge in [0.2, 0.25) is 5.91 Å². The SMILES string of the molecule is C=CCn1c(COc2ccccc2Cl)nnc1SCC(=O)Nc1ccc(C(=O)OC)cc1. The number of allylic oxidation sites excluding steroid dienone is 1. The van der Waals surface area contributed by atoms with Crippen molar-refractivity contribution in [1.29, 1.82) is 0 Å². The second-order valence-corrected chi connectivity index (χ2v) is 7.77. The summed E-state index contributed by atoms with van der Waals surface area (Å²) in [6, 6.07) is 13.6. The van der Waals surface area contributed by atoms with Crippen molar-refractivity contribution in [1.82, 2.24) is 14.8 Å². The molecular weight excluding hydrogens is 452 g/mol. The van der Waals surface area contributed by atoms with Crippen molar-refractivity contribution in [2.24, 2.45) is 0 Å². The highest BCUT2D eigenvalue weighted by Crippen LogP contribution is 2.25. The molecule has 8 nitrogen and oxygen atoms in total. The molecule has 0 aliphatic rings. The van der Waals surface area contributed by atoms with E-state index in [1.54, 1.807) is 42.5 Å². The number of ether oxygens (including phenoxy) is 2. The molecule has 0 radical (unpaired) electrons. The van der Waals surface area contributed by atoms with Crippen molar-refractivity contribution >= 4 is 40.9 Å². The lowest BCUT2D eigenvalue weighted by Gasteiger charge is -2.10. The molecule has 166 valence electrons. The second-order valence-electron chi connectivity index (χ2n) is 6.42. The summed E-state index contributed by atoms with van der Waals surface area (Å²) in [6.45, 7) is 4.40. The van der Waals surface area contributed by atoms with Crippen LogP contribution in [-0.2, 0) is 22.7 Å². The lowest BCUT2D eigenvalue weighted by atomic mass is 10.2. The van der Waals surface area contributed by atoms with E-state index in [-0.39, 0.29) is 18.3 Å². The Morgan fingerprint density at radius 2 is 1.94 bits per heavy atom. The summed E-state index contributed by atoms with van der Waals surface area (Å²) in [5.41, 5.74) is 0.980.